The van der Waals surface area contributed by atoms with Crippen molar-refractivity contribution in [3.05, 3.63) is 65.1 Å². The Morgan fingerprint density at radius 1 is 0.963 bits per heavy atom. The number of anilines is 1. The van der Waals surface area contributed by atoms with Gasteiger partial charge in [-0.05, 0) is 47.7 Å². The normalized spacial score (nSPS) is 18.8. The molecule has 0 aliphatic carbocycles. The molecule has 2 aromatic carbocycles. The van der Waals surface area contributed by atoms with E-state index in [4.69, 9.17) is 4.74 Å². The number of hydrogen-bond donors (Lipinski definition) is 0. The summed E-state index contributed by atoms with van der Waals surface area (Å²) in [6.45, 7) is 3.50. The summed E-state index contributed by atoms with van der Waals surface area (Å²) in [6.07, 6.45) is 1.91. The zero-order valence-corrected chi connectivity index (χ0v) is 16.0. The van der Waals surface area contributed by atoms with Crippen LogP contribution >= 0.6 is 11.8 Å². The number of carbonyl (C=O) groups is 1. The van der Waals surface area contributed by atoms with Gasteiger partial charge in [-0.2, -0.15) is 4.99 Å². The van der Waals surface area contributed by atoms with Gasteiger partial charge in [0.2, 0.25) is 0 Å². The number of methoxy groups -OCH3 is 1. The van der Waals surface area contributed by atoms with Gasteiger partial charge >= 0.3 is 0 Å². The summed E-state index contributed by atoms with van der Waals surface area (Å²) < 4.78 is 5.22. The van der Waals surface area contributed by atoms with Gasteiger partial charge in [-0.1, -0.05) is 30.3 Å². The molecule has 2 aromatic rings. The van der Waals surface area contributed by atoms with Gasteiger partial charge in [0.15, 0.2) is 5.17 Å². The largest absolute Gasteiger partial charge is 0.497 e. The van der Waals surface area contributed by atoms with Crippen molar-refractivity contribution >= 4 is 34.6 Å². The van der Waals surface area contributed by atoms with Crippen LogP contribution in [0.15, 0.2) is 64.5 Å². The lowest BCUT2D eigenvalue weighted by Gasteiger charge is -2.36. The Morgan fingerprint density at radius 2 is 1.63 bits per heavy atom. The Hall–Kier alpha value is -2.73. The molecule has 1 amide bonds. The van der Waals surface area contributed by atoms with Crippen molar-refractivity contribution in [1.82, 2.24) is 4.90 Å². The smallest absolute Gasteiger partial charge is 0.286 e. The molecule has 0 spiro atoms. The summed E-state index contributed by atoms with van der Waals surface area (Å²) in [5.74, 6) is 0.724. The summed E-state index contributed by atoms with van der Waals surface area (Å²) in [5, 5.41) is 0.816. The molecule has 0 radical (unpaired) electrons. The topological polar surface area (TPSA) is 45.1 Å². The highest BCUT2D eigenvalue weighted by atomic mass is 32.2. The fourth-order valence-electron chi connectivity index (χ4n) is 3.18. The average Bonchev–Trinajstić information content (AvgIpc) is 3.09. The van der Waals surface area contributed by atoms with Gasteiger partial charge in [0.1, 0.15) is 5.75 Å². The number of piperazine rings is 1. The maximum Gasteiger partial charge on any atom is 0.286 e. The number of aliphatic imine (C=N–C) groups is 1. The van der Waals surface area contributed by atoms with E-state index in [-0.39, 0.29) is 5.91 Å². The summed E-state index contributed by atoms with van der Waals surface area (Å²) in [6, 6.07) is 18.0. The number of amides is 1. The second-order valence-corrected chi connectivity index (χ2v) is 7.40. The van der Waals surface area contributed by atoms with Crippen molar-refractivity contribution in [2.45, 2.75) is 0 Å². The minimum Gasteiger partial charge on any atom is -0.497 e. The summed E-state index contributed by atoms with van der Waals surface area (Å²) >= 11 is 1.47. The molecule has 2 aliphatic heterocycles. The molecular weight excluding hydrogens is 358 g/mol. The molecule has 5 nitrogen and oxygen atoms in total. The first-order valence-corrected chi connectivity index (χ1v) is 9.76. The van der Waals surface area contributed by atoms with Gasteiger partial charge in [-0.25, -0.2) is 0 Å². The zero-order chi connectivity index (χ0) is 18.6. The molecule has 0 bridgehead atoms. The van der Waals surface area contributed by atoms with Crippen LogP contribution in [-0.2, 0) is 4.79 Å². The number of nitrogens with zero attached hydrogens (tertiary/aromatic N) is 3. The van der Waals surface area contributed by atoms with E-state index in [1.54, 1.807) is 7.11 Å². The van der Waals surface area contributed by atoms with Crippen molar-refractivity contribution < 1.29 is 9.53 Å². The molecule has 0 aromatic heterocycles. The van der Waals surface area contributed by atoms with Crippen LogP contribution in [0.2, 0.25) is 0 Å². The standard InChI is InChI=1S/C21H21N3O2S/c1-26-18-9-7-17(8-10-18)23-11-13-24(14-12-23)21-22-20(25)19(27-21)15-16-5-3-2-4-6-16/h2-10,15H,11-14H2,1H3. The first kappa shape index (κ1) is 17.7. The molecule has 1 fully saturated rings. The molecule has 0 saturated carbocycles. The van der Waals surface area contributed by atoms with Crippen LogP contribution in [-0.4, -0.2) is 49.3 Å². The molecule has 138 valence electrons. The molecule has 2 heterocycles. The van der Waals surface area contributed by atoms with Crippen LogP contribution in [0, 0.1) is 0 Å². The van der Waals surface area contributed by atoms with Gasteiger partial charge in [-0.3, -0.25) is 4.79 Å². The van der Waals surface area contributed by atoms with E-state index >= 15 is 0 Å². The maximum atomic E-state index is 12.3. The van der Waals surface area contributed by atoms with Crippen molar-refractivity contribution in [2.24, 2.45) is 4.99 Å². The predicted molar refractivity (Wildman–Crippen MR) is 111 cm³/mol. The van der Waals surface area contributed by atoms with Crippen molar-refractivity contribution in [3.8, 4) is 5.75 Å². The maximum absolute atomic E-state index is 12.3. The third-order valence-corrected chi connectivity index (χ3v) is 5.74. The molecule has 4 rings (SSSR count). The third-order valence-electron chi connectivity index (χ3n) is 4.69. The first-order chi connectivity index (χ1) is 13.2. The van der Waals surface area contributed by atoms with Crippen LogP contribution in [0.5, 0.6) is 5.75 Å². The second-order valence-electron chi connectivity index (χ2n) is 6.39. The molecule has 6 heteroatoms. The fourth-order valence-corrected chi connectivity index (χ4v) is 4.15. The lowest BCUT2D eigenvalue weighted by Crippen LogP contribution is -2.47. The minimum absolute atomic E-state index is 0.142. The van der Waals surface area contributed by atoms with E-state index in [0.29, 0.717) is 4.91 Å². The van der Waals surface area contributed by atoms with Crippen LogP contribution in [0.25, 0.3) is 6.08 Å². The van der Waals surface area contributed by atoms with Crippen LogP contribution < -0.4 is 9.64 Å². The average molecular weight is 379 g/mol. The van der Waals surface area contributed by atoms with Crippen molar-refractivity contribution in [2.75, 3.05) is 38.2 Å². The minimum atomic E-state index is -0.142. The van der Waals surface area contributed by atoms with Crippen molar-refractivity contribution in [1.29, 1.82) is 0 Å². The highest BCUT2D eigenvalue weighted by Crippen LogP contribution is 2.31. The predicted octanol–water partition coefficient (Wildman–Crippen LogP) is 3.49. The quantitative estimate of drug-likeness (QED) is 0.764. The number of ether oxygens (including phenoxy) is 1. The van der Waals surface area contributed by atoms with Crippen molar-refractivity contribution in [3.63, 3.8) is 0 Å². The summed E-state index contributed by atoms with van der Waals surface area (Å²) in [5.41, 5.74) is 2.21. The van der Waals surface area contributed by atoms with Crippen LogP contribution in [0.4, 0.5) is 5.69 Å². The fraction of sp³-hybridized carbons (Fsp3) is 0.238. The molecule has 2 aliphatic rings. The van der Waals surface area contributed by atoms with Crippen LogP contribution in [0.3, 0.4) is 0 Å². The van der Waals surface area contributed by atoms with E-state index in [1.807, 2.05) is 48.5 Å². The highest BCUT2D eigenvalue weighted by Gasteiger charge is 2.28. The van der Waals surface area contributed by atoms with Gasteiger partial charge < -0.3 is 14.5 Å². The first-order valence-electron chi connectivity index (χ1n) is 8.94. The number of thioether (sulfide) groups is 1. The Balaban J connectivity index is 1.38. The SMILES string of the molecule is COc1ccc(N2CCN(C3=NC(=O)C(=Cc4ccccc4)S3)CC2)cc1. The molecule has 0 atom stereocenters. The third kappa shape index (κ3) is 4.01. The van der Waals surface area contributed by atoms with Gasteiger partial charge in [0.25, 0.3) is 5.91 Å². The van der Waals surface area contributed by atoms with E-state index < -0.39 is 0 Å². The lowest BCUT2D eigenvalue weighted by molar-refractivity contribution is -0.113. The van der Waals surface area contributed by atoms with Crippen LogP contribution in [0.1, 0.15) is 5.56 Å². The van der Waals surface area contributed by atoms with Gasteiger partial charge in [-0.15, -0.1) is 0 Å². The van der Waals surface area contributed by atoms with Gasteiger partial charge in [0.05, 0.1) is 12.0 Å². The van der Waals surface area contributed by atoms with E-state index in [9.17, 15) is 4.79 Å². The molecule has 1 saturated heterocycles. The molecule has 0 N–H and O–H groups in total. The van der Waals surface area contributed by atoms with Gasteiger partial charge in [0, 0.05) is 31.9 Å². The summed E-state index contributed by atoms with van der Waals surface area (Å²) in [7, 11) is 1.68. The second kappa shape index (κ2) is 7.88. The number of amidine groups is 1. The molecule has 0 unspecified atom stereocenters. The Morgan fingerprint density at radius 3 is 2.30 bits per heavy atom. The number of benzene rings is 2. The van der Waals surface area contributed by atoms with E-state index in [1.165, 1.54) is 17.4 Å². The summed E-state index contributed by atoms with van der Waals surface area (Å²) in [4.78, 5) is 21.8. The van der Waals surface area contributed by atoms with E-state index in [0.717, 1.165) is 42.7 Å². The zero-order valence-electron chi connectivity index (χ0n) is 15.2. The van der Waals surface area contributed by atoms with E-state index in [2.05, 4.69) is 26.9 Å². The number of rotatable bonds is 3. The monoisotopic (exact) mass is 379 g/mol. The number of carbonyl (C=O) groups excluding carboxylic acids is 1. The lowest BCUT2D eigenvalue weighted by atomic mass is 10.2. The Labute approximate surface area is 163 Å². The highest BCUT2D eigenvalue weighted by molar-refractivity contribution is 8.18. The Kier molecular flexibility index (Phi) is 5.16. The molecule has 27 heavy (non-hydrogen) atoms. The molecular formula is C21H21N3O2S. The Bertz CT molecular complexity index is 870. The number of hydrogen-bond acceptors (Lipinski definition) is 5.